The molecule has 0 saturated heterocycles. The summed E-state index contributed by atoms with van der Waals surface area (Å²) < 4.78 is 2.77. The Labute approximate surface area is 134 Å². The van der Waals surface area contributed by atoms with Gasteiger partial charge in [0.05, 0.1) is 6.20 Å². The van der Waals surface area contributed by atoms with Gasteiger partial charge in [-0.25, -0.2) is 4.98 Å². The van der Waals surface area contributed by atoms with Gasteiger partial charge in [-0.1, -0.05) is 11.3 Å². The lowest BCUT2D eigenvalue weighted by atomic mass is 10.4. The lowest BCUT2D eigenvalue weighted by molar-refractivity contribution is -0.116. The normalized spacial score (nSPS) is 14.3. The van der Waals surface area contributed by atoms with Gasteiger partial charge in [-0.15, -0.1) is 10.2 Å². The van der Waals surface area contributed by atoms with Gasteiger partial charge < -0.3 is 0 Å². The topological polar surface area (TPSA) is 108 Å². The van der Waals surface area contributed by atoms with Crippen molar-refractivity contribution in [3.63, 3.8) is 0 Å². The predicted molar refractivity (Wildman–Crippen MR) is 83.3 cm³/mol. The van der Waals surface area contributed by atoms with Gasteiger partial charge in [-0.05, 0) is 12.8 Å². The first kappa shape index (κ1) is 14.0. The third kappa shape index (κ3) is 2.61. The summed E-state index contributed by atoms with van der Waals surface area (Å²) in [5.41, 5.74) is 0.194. The largest absolute Gasteiger partial charge is 0.299 e. The molecule has 1 saturated carbocycles. The summed E-state index contributed by atoms with van der Waals surface area (Å²) in [5, 5.41) is 16.5. The van der Waals surface area contributed by atoms with E-state index in [9.17, 15) is 9.59 Å². The molecular formula is C13H13N7O2S. The molecule has 0 bridgehead atoms. The van der Waals surface area contributed by atoms with E-state index in [-0.39, 0.29) is 18.0 Å². The van der Waals surface area contributed by atoms with E-state index in [0.717, 1.165) is 17.8 Å². The molecule has 0 radical (unpaired) electrons. The molecule has 1 amide bonds. The molecule has 0 aliphatic heterocycles. The highest BCUT2D eigenvalue weighted by Gasteiger charge is 2.27. The van der Waals surface area contributed by atoms with E-state index in [4.69, 9.17) is 0 Å². The molecule has 118 valence electrons. The summed E-state index contributed by atoms with van der Waals surface area (Å²) in [6.07, 6.45) is 5.07. The van der Waals surface area contributed by atoms with Crippen molar-refractivity contribution in [1.82, 2.24) is 29.5 Å². The van der Waals surface area contributed by atoms with E-state index in [1.807, 2.05) is 0 Å². The Morgan fingerprint density at radius 2 is 2.26 bits per heavy atom. The third-order valence-electron chi connectivity index (χ3n) is 3.65. The standard InChI is InChI=1S/C13H13N7O2S/c1-19-10-8(4-15-19)12(22)20(6-14-10)5-9(21)16-13-18-17-11(23-13)7-2-3-7/h4,6-7H,2-3,5H2,1H3,(H,16,18,21). The van der Waals surface area contributed by atoms with E-state index in [0.29, 0.717) is 22.1 Å². The van der Waals surface area contributed by atoms with Crippen LogP contribution in [0.25, 0.3) is 11.0 Å². The lowest BCUT2D eigenvalue weighted by Gasteiger charge is -2.04. The first-order valence-electron chi connectivity index (χ1n) is 7.12. The number of nitrogens with one attached hydrogen (secondary N) is 1. The van der Waals surface area contributed by atoms with Crippen LogP contribution < -0.4 is 10.9 Å². The molecule has 0 atom stereocenters. The predicted octanol–water partition coefficient (Wildman–Crippen LogP) is 0.498. The van der Waals surface area contributed by atoms with Crippen LogP contribution in [0.15, 0.2) is 17.3 Å². The molecule has 1 fully saturated rings. The SMILES string of the molecule is Cn1ncc2c(=O)n(CC(=O)Nc3nnc(C4CC4)s3)cnc21. The second kappa shape index (κ2) is 5.23. The van der Waals surface area contributed by atoms with Crippen molar-refractivity contribution in [2.45, 2.75) is 25.3 Å². The number of hydrogen-bond acceptors (Lipinski definition) is 7. The summed E-state index contributed by atoms with van der Waals surface area (Å²) in [4.78, 5) is 28.5. The molecule has 0 aromatic carbocycles. The number of aromatic nitrogens is 6. The fraction of sp³-hybridized carbons (Fsp3) is 0.385. The van der Waals surface area contributed by atoms with Crippen LogP contribution in [0.4, 0.5) is 5.13 Å². The van der Waals surface area contributed by atoms with Gasteiger partial charge in [-0.2, -0.15) is 5.10 Å². The number of aryl methyl sites for hydroxylation is 1. The van der Waals surface area contributed by atoms with E-state index < -0.39 is 0 Å². The number of amides is 1. The summed E-state index contributed by atoms with van der Waals surface area (Å²) >= 11 is 1.38. The highest BCUT2D eigenvalue weighted by molar-refractivity contribution is 7.15. The molecule has 4 rings (SSSR count). The summed E-state index contributed by atoms with van der Waals surface area (Å²) in [7, 11) is 1.71. The van der Waals surface area contributed by atoms with Crippen molar-refractivity contribution in [3.05, 3.63) is 27.9 Å². The minimum Gasteiger partial charge on any atom is -0.299 e. The monoisotopic (exact) mass is 331 g/mol. The number of hydrogen-bond donors (Lipinski definition) is 1. The Balaban J connectivity index is 1.51. The van der Waals surface area contributed by atoms with Crippen LogP contribution in [-0.4, -0.2) is 35.4 Å². The van der Waals surface area contributed by atoms with Crippen molar-refractivity contribution in [2.75, 3.05) is 5.32 Å². The molecule has 23 heavy (non-hydrogen) atoms. The highest BCUT2D eigenvalue weighted by Crippen LogP contribution is 2.41. The Morgan fingerprint density at radius 1 is 1.43 bits per heavy atom. The average molecular weight is 331 g/mol. The quantitative estimate of drug-likeness (QED) is 0.746. The Kier molecular flexibility index (Phi) is 3.18. The zero-order valence-corrected chi connectivity index (χ0v) is 13.1. The van der Waals surface area contributed by atoms with Gasteiger partial charge in [-0.3, -0.25) is 24.2 Å². The maximum atomic E-state index is 12.3. The van der Waals surface area contributed by atoms with Gasteiger partial charge in [0.15, 0.2) is 5.65 Å². The van der Waals surface area contributed by atoms with Crippen molar-refractivity contribution < 1.29 is 4.79 Å². The zero-order chi connectivity index (χ0) is 16.0. The molecule has 1 N–H and O–H groups in total. The van der Waals surface area contributed by atoms with Gasteiger partial charge in [0.1, 0.15) is 23.3 Å². The summed E-state index contributed by atoms with van der Waals surface area (Å²) in [5.74, 6) is 0.161. The van der Waals surface area contributed by atoms with Crippen molar-refractivity contribution >= 4 is 33.4 Å². The number of carbonyl (C=O) groups excluding carboxylic acids is 1. The molecule has 9 nitrogen and oxygen atoms in total. The van der Waals surface area contributed by atoms with Crippen molar-refractivity contribution in [2.24, 2.45) is 7.05 Å². The minimum absolute atomic E-state index is 0.130. The van der Waals surface area contributed by atoms with E-state index >= 15 is 0 Å². The van der Waals surface area contributed by atoms with Crippen molar-refractivity contribution in [3.8, 4) is 0 Å². The van der Waals surface area contributed by atoms with Gasteiger partial charge in [0.2, 0.25) is 11.0 Å². The first-order valence-corrected chi connectivity index (χ1v) is 7.94. The number of fused-ring (bicyclic) bond motifs is 1. The molecule has 1 aliphatic rings. The molecule has 3 aromatic rings. The molecule has 10 heteroatoms. The van der Waals surface area contributed by atoms with Crippen molar-refractivity contribution in [1.29, 1.82) is 0 Å². The lowest BCUT2D eigenvalue weighted by Crippen LogP contribution is -2.27. The fourth-order valence-corrected chi connectivity index (χ4v) is 3.20. The van der Waals surface area contributed by atoms with Crippen LogP contribution >= 0.6 is 11.3 Å². The maximum Gasteiger partial charge on any atom is 0.264 e. The molecule has 0 unspecified atom stereocenters. The molecule has 3 heterocycles. The molecule has 3 aromatic heterocycles. The zero-order valence-electron chi connectivity index (χ0n) is 12.3. The molecular weight excluding hydrogens is 318 g/mol. The van der Waals surface area contributed by atoms with E-state index in [2.05, 4.69) is 25.6 Å². The van der Waals surface area contributed by atoms with Crippen LogP contribution in [0, 0.1) is 0 Å². The smallest absolute Gasteiger partial charge is 0.264 e. The van der Waals surface area contributed by atoms with Crippen LogP contribution in [0.1, 0.15) is 23.8 Å². The Bertz CT molecular complexity index is 953. The van der Waals surface area contributed by atoms with E-state index in [1.165, 1.54) is 33.1 Å². The minimum atomic E-state index is -0.337. The Morgan fingerprint density at radius 3 is 3.04 bits per heavy atom. The van der Waals surface area contributed by atoms with Gasteiger partial charge in [0, 0.05) is 13.0 Å². The van der Waals surface area contributed by atoms with Crippen LogP contribution in [-0.2, 0) is 18.4 Å². The fourth-order valence-electron chi connectivity index (χ4n) is 2.27. The number of rotatable bonds is 4. The van der Waals surface area contributed by atoms with E-state index in [1.54, 1.807) is 7.05 Å². The third-order valence-corrected chi connectivity index (χ3v) is 4.65. The maximum absolute atomic E-state index is 12.3. The van der Waals surface area contributed by atoms with Gasteiger partial charge in [0.25, 0.3) is 5.56 Å². The van der Waals surface area contributed by atoms with Crippen LogP contribution in [0.3, 0.4) is 0 Å². The Hall–Kier alpha value is -2.62. The number of nitrogens with zero attached hydrogens (tertiary/aromatic N) is 6. The average Bonchev–Trinajstić information content (AvgIpc) is 3.16. The number of anilines is 1. The van der Waals surface area contributed by atoms with Crippen LogP contribution in [0.2, 0.25) is 0 Å². The second-order valence-electron chi connectivity index (χ2n) is 5.45. The first-order chi connectivity index (χ1) is 11.1. The highest BCUT2D eigenvalue weighted by atomic mass is 32.1. The molecule has 0 spiro atoms. The summed E-state index contributed by atoms with van der Waals surface area (Å²) in [6.45, 7) is -0.130. The second-order valence-corrected chi connectivity index (χ2v) is 6.46. The number of carbonyl (C=O) groups is 1. The van der Waals surface area contributed by atoms with Gasteiger partial charge >= 0.3 is 0 Å². The van der Waals surface area contributed by atoms with Crippen LogP contribution in [0.5, 0.6) is 0 Å². The summed E-state index contributed by atoms with van der Waals surface area (Å²) in [6, 6.07) is 0. The molecule has 1 aliphatic carbocycles.